The highest BCUT2D eigenvalue weighted by Crippen LogP contribution is 2.38. The second-order valence-electron chi connectivity index (χ2n) is 10.9. The largest absolute Gasteiger partial charge is 0.356 e. The number of benzene rings is 2. The summed E-state index contributed by atoms with van der Waals surface area (Å²) in [5, 5.41) is 6.05. The first-order chi connectivity index (χ1) is 20.6. The minimum Gasteiger partial charge on any atom is -0.356 e. The number of likely N-dealkylation sites (tertiary alicyclic amines) is 1. The standard InChI is InChI=1S/C30H33ClN6O5S/c1-19-16-27(20(2)15-22(19)31)43(41,42)37-25-6-4-3-5-23(25)35-29(39)26(37)17-28(38)34-10-7-21-8-13-36(14-9-21)30(40)24-18-32-11-12-33-24/h3-6,11-12,15-16,18,21,26H,7-10,13-14,17H2,1-2H3,(H,34,38)(H,35,39). The molecule has 2 aliphatic heterocycles. The number of aromatic nitrogens is 2. The number of nitrogens with one attached hydrogen (secondary N) is 2. The number of aryl methyl sites for hydroxylation is 2. The second-order valence-corrected chi connectivity index (χ2v) is 13.0. The maximum Gasteiger partial charge on any atom is 0.274 e. The minimum absolute atomic E-state index is 0.0217. The van der Waals surface area contributed by atoms with Gasteiger partial charge < -0.3 is 15.5 Å². The van der Waals surface area contributed by atoms with Crippen LogP contribution in [-0.4, -0.2) is 66.7 Å². The van der Waals surface area contributed by atoms with Crippen molar-refractivity contribution >= 4 is 50.7 Å². The lowest BCUT2D eigenvalue weighted by Gasteiger charge is -2.37. The minimum atomic E-state index is -4.25. The fourth-order valence-electron chi connectivity index (χ4n) is 5.53. The molecular weight excluding hydrogens is 592 g/mol. The van der Waals surface area contributed by atoms with Crippen molar-refractivity contribution in [2.75, 3.05) is 29.3 Å². The van der Waals surface area contributed by atoms with Crippen molar-refractivity contribution in [2.24, 2.45) is 5.92 Å². The predicted octanol–water partition coefficient (Wildman–Crippen LogP) is 3.71. The summed E-state index contributed by atoms with van der Waals surface area (Å²) in [5.74, 6) is -0.848. The van der Waals surface area contributed by atoms with Crippen LogP contribution in [0.3, 0.4) is 0 Å². The van der Waals surface area contributed by atoms with E-state index in [4.69, 9.17) is 11.6 Å². The van der Waals surface area contributed by atoms with Gasteiger partial charge in [0, 0.05) is 37.1 Å². The van der Waals surface area contributed by atoms with Crippen molar-refractivity contribution in [2.45, 2.75) is 50.5 Å². The number of carbonyl (C=O) groups is 3. The van der Waals surface area contributed by atoms with Crippen LogP contribution < -0.4 is 14.9 Å². The van der Waals surface area contributed by atoms with E-state index in [-0.39, 0.29) is 22.9 Å². The van der Waals surface area contributed by atoms with Crippen LogP contribution >= 0.6 is 11.6 Å². The van der Waals surface area contributed by atoms with E-state index in [1.807, 2.05) is 0 Å². The Kier molecular flexibility index (Phi) is 8.97. The first-order valence-corrected chi connectivity index (χ1v) is 15.9. The number of rotatable bonds is 8. The molecule has 3 heterocycles. The summed E-state index contributed by atoms with van der Waals surface area (Å²) >= 11 is 6.23. The fourth-order valence-corrected chi connectivity index (χ4v) is 7.68. The number of carbonyl (C=O) groups excluding carboxylic acids is 3. The SMILES string of the molecule is Cc1cc(S(=O)(=O)N2c3ccccc3NC(=O)C2CC(=O)NCCC2CCN(C(=O)c3cnccn3)CC2)c(C)cc1Cl. The van der Waals surface area contributed by atoms with Crippen molar-refractivity contribution in [3.63, 3.8) is 0 Å². The summed E-state index contributed by atoms with van der Waals surface area (Å²) in [6.45, 7) is 4.90. The van der Waals surface area contributed by atoms with E-state index in [9.17, 15) is 22.8 Å². The van der Waals surface area contributed by atoms with Gasteiger partial charge >= 0.3 is 0 Å². The van der Waals surface area contributed by atoms with Gasteiger partial charge in [-0.25, -0.2) is 13.4 Å². The number of halogens is 1. The zero-order valence-corrected chi connectivity index (χ0v) is 25.5. The van der Waals surface area contributed by atoms with E-state index < -0.39 is 27.9 Å². The highest BCUT2D eigenvalue weighted by atomic mass is 35.5. The molecule has 226 valence electrons. The van der Waals surface area contributed by atoms with Crippen LogP contribution in [0.25, 0.3) is 0 Å². The molecule has 1 aromatic heterocycles. The van der Waals surface area contributed by atoms with Crippen molar-refractivity contribution in [1.82, 2.24) is 20.2 Å². The molecule has 2 aromatic carbocycles. The number of hydrogen-bond donors (Lipinski definition) is 2. The Labute approximate surface area is 255 Å². The van der Waals surface area contributed by atoms with Crippen molar-refractivity contribution in [1.29, 1.82) is 0 Å². The lowest BCUT2D eigenvalue weighted by atomic mass is 9.93. The van der Waals surface area contributed by atoms with Gasteiger partial charge in [0.2, 0.25) is 11.8 Å². The zero-order valence-electron chi connectivity index (χ0n) is 23.9. The molecule has 5 rings (SSSR count). The van der Waals surface area contributed by atoms with Gasteiger partial charge in [-0.15, -0.1) is 0 Å². The summed E-state index contributed by atoms with van der Waals surface area (Å²) in [5.41, 5.74) is 1.97. The third-order valence-corrected chi connectivity index (χ3v) is 10.3. The first-order valence-electron chi connectivity index (χ1n) is 14.1. The first kappa shape index (κ1) is 30.4. The molecule has 1 atom stereocenters. The summed E-state index contributed by atoms with van der Waals surface area (Å²) in [7, 11) is -4.25. The number of anilines is 2. The predicted molar refractivity (Wildman–Crippen MR) is 162 cm³/mol. The molecule has 13 heteroatoms. The monoisotopic (exact) mass is 624 g/mol. The van der Waals surface area contributed by atoms with Gasteiger partial charge in [-0.1, -0.05) is 23.7 Å². The lowest BCUT2D eigenvalue weighted by molar-refractivity contribution is -0.125. The summed E-state index contributed by atoms with van der Waals surface area (Å²) in [6, 6.07) is 8.40. The normalized spacial score (nSPS) is 17.3. The molecule has 0 aliphatic carbocycles. The van der Waals surface area contributed by atoms with Gasteiger partial charge in [0.05, 0.1) is 28.9 Å². The number of sulfonamides is 1. The topological polar surface area (TPSA) is 142 Å². The molecule has 2 aliphatic rings. The number of amides is 3. The summed E-state index contributed by atoms with van der Waals surface area (Å²) < 4.78 is 29.2. The van der Waals surface area contributed by atoms with Crippen LogP contribution in [0, 0.1) is 19.8 Å². The molecule has 3 amide bonds. The number of fused-ring (bicyclic) bond motifs is 1. The van der Waals surface area contributed by atoms with Crippen LogP contribution in [0.2, 0.25) is 5.02 Å². The molecule has 0 saturated carbocycles. The van der Waals surface area contributed by atoms with Gasteiger partial charge in [0.25, 0.3) is 15.9 Å². The maximum atomic E-state index is 14.1. The zero-order chi connectivity index (χ0) is 30.7. The average molecular weight is 625 g/mol. The van der Waals surface area contributed by atoms with Crippen LogP contribution in [0.1, 0.15) is 47.3 Å². The van der Waals surface area contributed by atoms with Crippen molar-refractivity contribution < 1.29 is 22.8 Å². The highest BCUT2D eigenvalue weighted by molar-refractivity contribution is 7.93. The van der Waals surface area contributed by atoms with Crippen molar-refractivity contribution in [3.8, 4) is 0 Å². The third kappa shape index (κ3) is 6.50. The molecule has 3 aromatic rings. The molecule has 2 N–H and O–H groups in total. The summed E-state index contributed by atoms with van der Waals surface area (Å²) in [4.78, 5) is 48.8. The Morgan fingerprint density at radius 1 is 1.09 bits per heavy atom. The molecule has 0 spiro atoms. The molecule has 0 radical (unpaired) electrons. The van der Waals surface area contributed by atoms with E-state index in [1.165, 1.54) is 24.7 Å². The quantitative estimate of drug-likeness (QED) is 0.389. The molecule has 0 bridgehead atoms. The van der Waals surface area contributed by atoms with Gasteiger partial charge in [-0.3, -0.25) is 23.7 Å². The van der Waals surface area contributed by atoms with E-state index in [2.05, 4.69) is 20.6 Å². The fraction of sp³-hybridized carbons (Fsp3) is 0.367. The molecule has 1 fully saturated rings. The number of para-hydroxylation sites is 2. The molecular formula is C30H33ClN6O5S. The second kappa shape index (κ2) is 12.7. The smallest absolute Gasteiger partial charge is 0.274 e. The highest BCUT2D eigenvalue weighted by Gasteiger charge is 2.42. The average Bonchev–Trinajstić information content (AvgIpc) is 2.99. The maximum absolute atomic E-state index is 14.1. The Balaban J connectivity index is 1.24. The number of hydrogen-bond acceptors (Lipinski definition) is 7. The third-order valence-electron chi connectivity index (χ3n) is 7.92. The molecule has 11 nitrogen and oxygen atoms in total. The number of piperidine rings is 1. The Bertz CT molecular complexity index is 1640. The van der Waals surface area contributed by atoms with Gasteiger partial charge in [-0.05, 0) is 74.4 Å². The van der Waals surface area contributed by atoms with Crippen LogP contribution in [0.15, 0.2) is 59.9 Å². The van der Waals surface area contributed by atoms with Gasteiger partial charge in [0.1, 0.15) is 11.7 Å². The summed E-state index contributed by atoms with van der Waals surface area (Å²) in [6.07, 6.45) is 6.39. The van der Waals surface area contributed by atoms with Gasteiger partial charge in [-0.2, -0.15) is 0 Å². The van der Waals surface area contributed by atoms with Crippen LogP contribution in [0.4, 0.5) is 11.4 Å². The molecule has 43 heavy (non-hydrogen) atoms. The van der Waals surface area contributed by atoms with E-state index in [0.29, 0.717) is 59.5 Å². The van der Waals surface area contributed by atoms with E-state index in [0.717, 1.165) is 17.1 Å². The van der Waals surface area contributed by atoms with E-state index >= 15 is 0 Å². The van der Waals surface area contributed by atoms with E-state index in [1.54, 1.807) is 49.1 Å². The lowest BCUT2D eigenvalue weighted by Crippen LogP contribution is -2.53. The van der Waals surface area contributed by atoms with Crippen molar-refractivity contribution in [3.05, 3.63) is 76.8 Å². The Hall–Kier alpha value is -4.03. The molecule has 1 unspecified atom stereocenters. The van der Waals surface area contributed by atoms with Crippen LogP contribution in [0.5, 0.6) is 0 Å². The Morgan fingerprint density at radius 3 is 2.56 bits per heavy atom. The Morgan fingerprint density at radius 2 is 1.84 bits per heavy atom. The molecule has 1 saturated heterocycles. The number of nitrogens with zero attached hydrogens (tertiary/aromatic N) is 4. The van der Waals surface area contributed by atoms with Gasteiger partial charge in [0.15, 0.2) is 0 Å². The van der Waals surface area contributed by atoms with Crippen LogP contribution in [-0.2, 0) is 19.6 Å².